The van der Waals surface area contributed by atoms with Gasteiger partial charge in [-0.1, -0.05) is 60.7 Å². The van der Waals surface area contributed by atoms with Crippen LogP contribution in [-0.2, 0) is 0 Å². The fraction of sp³-hybridized carbons (Fsp3) is 0. The van der Waals surface area contributed by atoms with Crippen LogP contribution in [0.4, 0.5) is 11.4 Å². The van der Waals surface area contributed by atoms with Crippen molar-refractivity contribution in [3.63, 3.8) is 0 Å². The number of nitrogen functional groups attached to an aromatic ring is 2. The summed E-state index contributed by atoms with van der Waals surface area (Å²) in [5, 5.41) is 17.3. The molecule has 2 aliphatic rings. The molecule has 262 valence electrons. The molecule has 0 unspecified atom stereocenters. The van der Waals surface area contributed by atoms with E-state index in [1.807, 2.05) is 6.07 Å². The number of fused-ring (bicyclic) bond motifs is 6. The number of nitrogens with two attached hydrogens (primary N) is 2. The Balaban J connectivity index is 0.000000143. The van der Waals surface area contributed by atoms with E-state index in [1.165, 1.54) is 0 Å². The highest BCUT2D eigenvalue weighted by atomic mass is 16.1. The first-order chi connectivity index (χ1) is 26.6. The molecule has 2 aliphatic carbocycles. The molecule has 0 atom stereocenters. The van der Waals surface area contributed by atoms with Crippen LogP contribution in [0.1, 0.15) is 85.2 Å². The number of nitrogens with one attached hydrogen (secondary N) is 1. The van der Waals surface area contributed by atoms with Crippen LogP contribution in [0.25, 0.3) is 22.4 Å². The van der Waals surface area contributed by atoms with Crippen molar-refractivity contribution in [2.75, 3.05) is 11.5 Å². The number of anilines is 2. The summed E-state index contributed by atoms with van der Waals surface area (Å²) in [5.74, 6) is -0.201. The van der Waals surface area contributed by atoms with Crippen molar-refractivity contribution in [3.05, 3.63) is 183 Å². The van der Waals surface area contributed by atoms with Crippen molar-refractivity contribution in [2.24, 2.45) is 0 Å². The molecule has 0 amide bonds. The van der Waals surface area contributed by atoms with Gasteiger partial charge < -0.3 is 16.5 Å². The lowest BCUT2D eigenvalue weighted by atomic mass is 9.83. The first kappa shape index (κ1) is 35.1. The minimum atomic E-state index is -0.245. The van der Waals surface area contributed by atoms with Gasteiger partial charge in [-0.15, -0.1) is 0 Å². The monoisotopic (exact) mass is 718 g/mol. The van der Waals surface area contributed by atoms with Crippen LogP contribution in [0.5, 0.6) is 0 Å². The zero-order valence-corrected chi connectivity index (χ0v) is 28.7. The summed E-state index contributed by atoms with van der Waals surface area (Å²) < 4.78 is 0. The van der Waals surface area contributed by atoms with Crippen LogP contribution in [0.15, 0.2) is 121 Å². The molecule has 11 heteroatoms. The molecule has 0 saturated heterocycles. The second-order valence-electron chi connectivity index (χ2n) is 12.4. The fourth-order valence-corrected chi connectivity index (χ4v) is 6.36. The van der Waals surface area contributed by atoms with Gasteiger partial charge in [0.25, 0.3) is 0 Å². The largest absolute Gasteiger partial charge is 0.397 e. The zero-order valence-electron chi connectivity index (χ0n) is 28.7. The van der Waals surface area contributed by atoms with E-state index in [9.17, 15) is 24.0 Å². The molecule has 0 aliphatic heterocycles. The Bertz CT molecular complexity index is 2840. The Labute approximate surface area is 313 Å². The van der Waals surface area contributed by atoms with Crippen molar-refractivity contribution in [3.8, 4) is 23.5 Å². The first-order valence-electron chi connectivity index (χ1n) is 16.7. The lowest BCUT2D eigenvalue weighted by Crippen LogP contribution is -2.22. The third kappa shape index (κ3) is 6.31. The topological polar surface area (TPSA) is 214 Å². The predicted molar refractivity (Wildman–Crippen MR) is 205 cm³/mol. The lowest BCUT2D eigenvalue weighted by molar-refractivity contribution is 0.0980. The normalized spacial score (nSPS) is 12.0. The van der Waals surface area contributed by atoms with Crippen molar-refractivity contribution < 1.29 is 24.0 Å². The highest BCUT2D eigenvalue weighted by molar-refractivity contribution is 6.32. The van der Waals surface area contributed by atoms with Gasteiger partial charge >= 0.3 is 0 Å². The van der Waals surface area contributed by atoms with E-state index in [1.54, 1.807) is 121 Å². The number of H-pyrrole nitrogens is 1. The summed E-state index contributed by atoms with van der Waals surface area (Å²) in [5.41, 5.74) is 18.6. The van der Waals surface area contributed by atoms with E-state index in [0.29, 0.717) is 78.2 Å². The number of benzene rings is 6. The Morgan fingerprint density at radius 3 is 1.55 bits per heavy atom. The van der Waals surface area contributed by atoms with Gasteiger partial charge in [0.15, 0.2) is 23.1 Å². The van der Waals surface area contributed by atoms with E-state index in [4.69, 9.17) is 22.0 Å². The molecule has 0 radical (unpaired) electrons. The molecular weight excluding hydrogens is 693 g/mol. The molecule has 0 saturated carbocycles. The van der Waals surface area contributed by atoms with Gasteiger partial charge in [-0.25, -0.2) is 4.98 Å². The molecule has 0 spiro atoms. The quantitative estimate of drug-likeness (QED) is 0.124. The molecule has 5 N–H and O–H groups in total. The van der Waals surface area contributed by atoms with Crippen molar-refractivity contribution in [1.82, 2.24) is 9.97 Å². The third-order valence-electron chi connectivity index (χ3n) is 9.17. The van der Waals surface area contributed by atoms with E-state index in [0.717, 1.165) is 11.8 Å². The molecule has 55 heavy (non-hydrogen) atoms. The van der Waals surface area contributed by atoms with Crippen LogP contribution in [-0.4, -0.2) is 39.4 Å². The maximum absolute atomic E-state index is 13.1. The van der Waals surface area contributed by atoms with Crippen molar-refractivity contribution in [1.29, 1.82) is 10.5 Å². The van der Waals surface area contributed by atoms with Crippen LogP contribution in [0.3, 0.4) is 0 Å². The van der Waals surface area contributed by atoms with E-state index >= 15 is 0 Å². The van der Waals surface area contributed by atoms with Crippen molar-refractivity contribution >= 4 is 51.8 Å². The molecule has 1 aromatic heterocycles. The highest BCUT2D eigenvalue weighted by Gasteiger charge is 2.33. The molecule has 9 rings (SSSR count). The van der Waals surface area contributed by atoms with Gasteiger partial charge in [0.1, 0.15) is 17.6 Å². The Hall–Kier alpha value is -8.28. The van der Waals surface area contributed by atoms with Crippen LogP contribution < -0.4 is 11.5 Å². The molecule has 11 nitrogen and oxygen atoms in total. The van der Waals surface area contributed by atoms with Gasteiger partial charge in [-0.05, 0) is 60.7 Å². The minimum absolute atomic E-state index is 0.162. The maximum atomic E-state index is 13.1. The first-order valence-corrected chi connectivity index (χ1v) is 16.7. The number of ketones is 4. The summed E-state index contributed by atoms with van der Waals surface area (Å²) in [6, 6.07) is 37.6. The van der Waals surface area contributed by atoms with Crippen LogP contribution in [0.2, 0.25) is 0 Å². The van der Waals surface area contributed by atoms with E-state index in [2.05, 4.69) is 16.0 Å². The predicted octanol–water partition coefficient (Wildman–Crippen LogP) is 6.87. The molecular formula is C44H26N6O5. The number of nitrogens with zero attached hydrogens (tertiary/aromatic N) is 3. The molecule has 1 heterocycles. The van der Waals surface area contributed by atoms with Gasteiger partial charge in [0.2, 0.25) is 0 Å². The Morgan fingerprint density at radius 1 is 0.545 bits per heavy atom. The van der Waals surface area contributed by atoms with Crippen molar-refractivity contribution in [2.45, 2.75) is 0 Å². The maximum Gasteiger partial charge on any atom is 0.196 e. The summed E-state index contributed by atoms with van der Waals surface area (Å²) in [6.07, 6.45) is 0.751. The number of aromatic amines is 1. The average molecular weight is 719 g/mol. The number of carbonyl (C=O) groups excluding carboxylic acids is 5. The number of hydrogen-bond donors (Lipinski definition) is 3. The second kappa shape index (κ2) is 14.4. The fourth-order valence-electron chi connectivity index (χ4n) is 6.36. The van der Waals surface area contributed by atoms with Gasteiger partial charge in [0.05, 0.1) is 51.3 Å². The summed E-state index contributed by atoms with van der Waals surface area (Å²) in [4.78, 5) is 68.4. The number of hydrogen-bond acceptors (Lipinski definition) is 10. The molecule has 0 bridgehead atoms. The van der Waals surface area contributed by atoms with Crippen LogP contribution in [0, 0.1) is 22.7 Å². The standard InChI is InChI=1S/C22H11N3O2.C14H10N2O2.C8H5NO/c23-11-12-5-7-13(8-6-12)22-24-17-10-9-16-18(19(17)25-22)21(27)15-4-2-1-3-14(15)20(16)26;15-10-6-5-9-11(12(10)16)14(18)8-4-2-1-3-7(8)13(9)17;9-5-7-1-3-8(6-10)4-2-7/h1-10H,(H,24,25);1-6H,15-16H2;1-4,6H. The average Bonchev–Trinajstić information content (AvgIpc) is 3.68. The SMILES string of the molecule is N#Cc1ccc(-c2nc3c4c(ccc3[nH]2)C(=O)c2ccccc2C4=O)cc1.N#Cc1ccc(C=O)cc1.Nc1ccc2c(c1N)C(=O)c1ccccc1C2=O. The van der Waals surface area contributed by atoms with Gasteiger partial charge in [0, 0.05) is 44.5 Å². The highest BCUT2D eigenvalue weighted by Crippen LogP contribution is 2.34. The lowest BCUT2D eigenvalue weighted by Gasteiger charge is -2.19. The van der Waals surface area contributed by atoms with Gasteiger partial charge in [-0.3, -0.25) is 24.0 Å². The summed E-state index contributed by atoms with van der Waals surface area (Å²) >= 11 is 0. The number of aromatic nitrogens is 2. The molecule has 7 aromatic rings. The zero-order chi connectivity index (χ0) is 38.8. The number of imidazole rings is 1. The van der Waals surface area contributed by atoms with E-state index < -0.39 is 0 Å². The van der Waals surface area contributed by atoms with Crippen LogP contribution >= 0.6 is 0 Å². The number of nitriles is 2. The second-order valence-corrected chi connectivity index (χ2v) is 12.4. The Morgan fingerprint density at radius 2 is 1.02 bits per heavy atom. The number of carbonyl (C=O) groups is 5. The van der Waals surface area contributed by atoms with E-state index in [-0.39, 0.29) is 34.4 Å². The van der Waals surface area contributed by atoms with Gasteiger partial charge in [-0.2, -0.15) is 10.5 Å². The molecule has 0 fully saturated rings. The Kier molecular flexibility index (Phi) is 9.19. The smallest absolute Gasteiger partial charge is 0.196 e. The number of aldehydes is 1. The number of rotatable bonds is 2. The third-order valence-corrected chi connectivity index (χ3v) is 9.17. The molecule has 6 aromatic carbocycles. The minimum Gasteiger partial charge on any atom is -0.397 e. The summed E-state index contributed by atoms with van der Waals surface area (Å²) in [7, 11) is 0. The summed E-state index contributed by atoms with van der Waals surface area (Å²) in [6.45, 7) is 0.